The molecule has 0 aliphatic heterocycles. The summed E-state index contributed by atoms with van der Waals surface area (Å²) < 4.78 is 18.3. The summed E-state index contributed by atoms with van der Waals surface area (Å²) in [5, 5.41) is 0. The third-order valence-electron chi connectivity index (χ3n) is 2.78. The number of likely N-dealkylation sites (N-methyl/N-ethyl adjacent to an activating group) is 1. The minimum absolute atomic E-state index is 0.0757. The van der Waals surface area contributed by atoms with Gasteiger partial charge in [-0.1, -0.05) is 0 Å². The molecule has 3 nitrogen and oxygen atoms in total. The summed E-state index contributed by atoms with van der Waals surface area (Å²) >= 11 is 1.79. The van der Waals surface area contributed by atoms with Crippen LogP contribution in [0, 0.1) is 5.82 Å². The summed E-state index contributed by atoms with van der Waals surface area (Å²) in [6, 6.07) is 4.31. The van der Waals surface area contributed by atoms with Gasteiger partial charge in [-0.25, -0.2) is 4.39 Å². The lowest BCUT2D eigenvalue weighted by molar-refractivity contribution is 0.0946. The molecule has 0 aromatic heterocycles. The predicted molar refractivity (Wildman–Crippen MR) is 77.8 cm³/mol. The Morgan fingerprint density at radius 3 is 2.79 bits per heavy atom. The molecule has 0 spiro atoms. The van der Waals surface area contributed by atoms with Gasteiger partial charge in [-0.05, 0) is 50.2 Å². The van der Waals surface area contributed by atoms with E-state index in [0.29, 0.717) is 12.1 Å². The van der Waals surface area contributed by atoms with Crippen LogP contribution in [-0.2, 0) is 0 Å². The number of ketones is 1. The van der Waals surface area contributed by atoms with E-state index in [1.54, 1.807) is 17.8 Å². The highest BCUT2D eigenvalue weighted by Crippen LogP contribution is 2.18. The van der Waals surface area contributed by atoms with Crippen LogP contribution >= 0.6 is 11.8 Å². The normalized spacial score (nSPS) is 10.8. The van der Waals surface area contributed by atoms with E-state index >= 15 is 0 Å². The number of Topliss-reactive ketones (excluding diaryl/α,β-unsaturated/α-hetero) is 1. The fourth-order valence-electron chi connectivity index (χ4n) is 1.73. The molecule has 106 valence electrons. The van der Waals surface area contributed by atoms with E-state index < -0.39 is 5.82 Å². The maximum Gasteiger partial charge on any atom is 0.176 e. The Bertz CT molecular complexity index is 426. The molecule has 0 radical (unpaired) electrons. The van der Waals surface area contributed by atoms with Crippen LogP contribution in [0.2, 0.25) is 0 Å². The van der Waals surface area contributed by atoms with Gasteiger partial charge in [-0.2, -0.15) is 11.8 Å². The van der Waals surface area contributed by atoms with E-state index in [9.17, 15) is 9.18 Å². The van der Waals surface area contributed by atoms with Crippen LogP contribution in [-0.4, -0.2) is 49.9 Å². The van der Waals surface area contributed by atoms with Crippen molar-refractivity contribution in [3.63, 3.8) is 0 Å². The number of halogens is 1. The Morgan fingerprint density at radius 1 is 1.47 bits per heavy atom. The van der Waals surface area contributed by atoms with Gasteiger partial charge in [0.15, 0.2) is 17.3 Å². The number of hydrogen-bond donors (Lipinski definition) is 0. The fourth-order valence-corrected chi connectivity index (χ4v) is 2.15. The lowest BCUT2D eigenvalue weighted by Gasteiger charge is -2.15. The molecule has 1 aromatic rings. The Balaban J connectivity index is 2.55. The van der Waals surface area contributed by atoms with Gasteiger partial charge in [0.2, 0.25) is 0 Å². The van der Waals surface area contributed by atoms with Crippen molar-refractivity contribution in [1.29, 1.82) is 0 Å². The number of nitrogens with zero attached hydrogens (tertiary/aromatic N) is 1. The van der Waals surface area contributed by atoms with Crippen molar-refractivity contribution < 1.29 is 13.9 Å². The van der Waals surface area contributed by atoms with Crippen LogP contribution in [0.3, 0.4) is 0 Å². The lowest BCUT2D eigenvalue weighted by Crippen LogP contribution is -2.27. The first-order valence-corrected chi connectivity index (χ1v) is 7.52. The second kappa shape index (κ2) is 8.17. The van der Waals surface area contributed by atoms with Crippen LogP contribution in [0.5, 0.6) is 5.75 Å². The Labute approximate surface area is 118 Å². The summed E-state index contributed by atoms with van der Waals surface area (Å²) in [7, 11) is 3.30. The molecule has 0 saturated heterocycles. The Hall–Kier alpha value is -1.07. The molecule has 19 heavy (non-hydrogen) atoms. The smallest absolute Gasteiger partial charge is 0.176 e. The van der Waals surface area contributed by atoms with Gasteiger partial charge < -0.3 is 4.74 Å². The highest BCUT2D eigenvalue weighted by Gasteiger charge is 2.12. The van der Waals surface area contributed by atoms with Crippen LogP contribution in [0.15, 0.2) is 18.2 Å². The van der Waals surface area contributed by atoms with Crippen molar-refractivity contribution in [2.75, 3.05) is 39.3 Å². The topological polar surface area (TPSA) is 29.5 Å². The van der Waals surface area contributed by atoms with E-state index in [-0.39, 0.29) is 11.5 Å². The number of ether oxygens (including phenoxy) is 1. The average Bonchev–Trinajstić information content (AvgIpc) is 2.38. The first kappa shape index (κ1) is 16.0. The first-order chi connectivity index (χ1) is 9.08. The van der Waals surface area contributed by atoms with Gasteiger partial charge in [0.1, 0.15) is 0 Å². The summed E-state index contributed by atoms with van der Waals surface area (Å²) in [5.41, 5.74) is 0.384. The number of methoxy groups -OCH3 is 1. The van der Waals surface area contributed by atoms with E-state index in [1.807, 2.05) is 11.9 Å². The van der Waals surface area contributed by atoms with Gasteiger partial charge >= 0.3 is 0 Å². The maximum absolute atomic E-state index is 13.5. The van der Waals surface area contributed by atoms with Gasteiger partial charge in [0.25, 0.3) is 0 Å². The second-order valence-corrected chi connectivity index (χ2v) is 5.34. The highest BCUT2D eigenvalue weighted by atomic mass is 32.2. The van der Waals surface area contributed by atoms with Crippen LogP contribution in [0.1, 0.15) is 16.8 Å². The van der Waals surface area contributed by atoms with E-state index in [4.69, 9.17) is 4.74 Å². The monoisotopic (exact) mass is 285 g/mol. The summed E-state index contributed by atoms with van der Waals surface area (Å²) in [6.07, 6.45) is 3.10. The zero-order valence-electron chi connectivity index (χ0n) is 11.6. The highest BCUT2D eigenvalue weighted by molar-refractivity contribution is 7.98. The number of carbonyl (C=O) groups is 1. The summed E-state index contributed by atoms with van der Waals surface area (Å²) in [4.78, 5) is 13.9. The van der Waals surface area contributed by atoms with Crippen molar-refractivity contribution >= 4 is 17.5 Å². The molecule has 0 unspecified atom stereocenters. The molecule has 5 heteroatoms. The number of thioether (sulfide) groups is 1. The molecular formula is C14H20FNO2S. The average molecular weight is 285 g/mol. The quantitative estimate of drug-likeness (QED) is 0.542. The molecule has 0 bridgehead atoms. The number of carbonyl (C=O) groups excluding carboxylic acids is 1. The summed E-state index contributed by atoms with van der Waals surface area (Å²) in [6.45, 7) is 1.17. The molecule has 0 amide bonds. The van der Waals surface area contributed by atoms with E-state index in [1.165, 1.54) is 19.2 Å². The minimum atomic E-state index is -0.501. The molecule has 1 rings (SSSR count). The summed E-state index contributed by atoms with van der Waals surface area (Å²) in [5.74, 6) is 0.659. The third kappa shape index (κ3) is 5.20. The molecule has 0 fully saturated rings. The zero-order chi connectivity index (χ0) is 14.3. The molecule has 0 aliphatic carbocycles. The second-order valence-electron chi connectivity index (χ2n) is 4.36. The fraction of sp³-hybridized carbons (Fsp3) is 0.500. The van der Waals surface area contributed by atoms with Crippen molar-refractivity contribution in [3.8, 4) is 5.75 Å². The maximum atomic E-state index is 13.5. The molecule has 0 saturated carbocycles. The van der Waals surface area contributed by atoms with Crippen LogP contribution in [0.25, 0.3) is 0 Å². The van der Waals surface area contributed by atoms with E-state index in [0.717, 1.165) is 18.7 Å². The molecule has 0 N–H and O–H groups in total. The number of hydrogen-bond acceptors (Lipinski definition) is 4. The van der Waals surface area contributed by atoms with Crippen molar-refractivity contribution in [1.82, 2.24) is 4.90 Å². The molecule has 0 heterocycles. The Kier molecular flexibility index (Phi) is 6.87. The Morgan fingerprint density at radius 2 is 2.21 bits per heavy atom. The lowest BCUT2D eigenvalue weighted by atomic mass is 10.1. The minimum Gasteiger partial charge on any atom is -0.494 e. The number of rotatable bonds is 8. The van der Waals surface area contributed by atoms with Gasteiger partial charge in [0.05, 0.1) is 13.7 Å². The SMILES string of the molecule is COc1ccc(C(=O)CN(C)CCCSC)cc1F. The van der Waals surface area contributed by atoms with Crippen LogP contribution in [0.4, 0.5) is 4.39 Å². The van der Waals surface area contributed by atoms with Gasteiger partial charge in [-0.15, -0.1) is 0 Å². The first-order valence-electron chi connectivity index (χ1n) is 6.12. The third-order valence-corrected chi connectivity index (χ3v) is 3.47. The van der Waals surface area contributed by atoms with Gasteiger partial charge in [-0.3, -0.25) is 9.69 Å². The molecular weight excluding hydrogens is 265 g/mol. The molecule has 1 aromatic carbocycles. The largest absolute Gasteiger partial charge is 0.494 e. The van der Waals surface area contributed by atoms with Crippen LogP contribution < -0.4 is 4.74 Å². The van der Waals surface area contributed by atoms with Crippen molar-refractivity contribution in [2.45, 2.75) is 6.42 Å². The molecule has 0 atom stereocenters. The standard InChI is InChI=1S/C14H20FNO2S/c1-16(7-4-8-19-3)10-13(17)11-5-6-14(18-2)12(15)9-11/h5-6,9H,4,7-8,10H2,1-3H3. The van der Waals surface area contributed by atoms with Gasteiger partial charge in [0, 0.05) is 5.56 Å². The predicted octanol–water partition coefficient (Wildman–Crippen LogP) is 2.70. The number of benzene rings is 1. The van der Waals surface area contributed by atoms with Crippen molar-refractivity contribution in [3.05, 3.63) is 29.6 Å². The van der Waals surface area contributed by atoms with E-state index in [2.05, 4.69) is 6.26 Å². The molecule has 0 aliphatic rings. The zero-order valence-corrected chi connectivity index (χ0v) is 12.4. The van der Waals surface area contributed by atoms with Crippen molar-refractivity contribution in [2.24, 2.45) is 0 Å².